The van der Waals surface area contributed by atoms with Crippen molar-refractivity contribution >= 4 is 34.6 Å². The average Bonchev–Trinajstić information content (AvgIpc) is 3.36. The van der Waals surface area contributed by atoms with Gasteiger partial charge in [-0.15, -0.1) is 0 Å². The molecule has 1 amide bonds. The summed E-state index contributed by atoms with van der Waals surface area (Å²) in [5.41, 5.74) is 9.53. The number of anilines is 2. The van der Waals surface area contributed by atoms with Crippen molar-refractivity contribution in [3.05, 3.63) is 104 Å². The van der Waals surface area contributed by atoms with Crippen molar-refractivity contribution in [1.82, 2.24) is 19.3 Å². The van der Waals surface area contributed by atoms with Crippen LogP contribution in [0.3, 0.4) is 0 Å². The van der Waals surface area contributed by atoms with Crippen molar-refractivity contribution in [3.8, 4) is 33.9 Å². The van der Waals surface area contributed by atoms with Gasteiger partial charge in [0.2, 0.25) is 11.7 Å². The molecule has 188 valence electrons. The highest BCUT2D eigenvalue weighted by molar-refractivity contribution is 7.03. The highest BCUT2D eigenvalue weighted by Crippen LogP contribution is 2.32. The summed E-state index contributed by atoms with van der Waals surface area (Å²) in [6, 6.07) is 20.6. The summed E-state index contributed by atoms with van der Waals surface area (Å²) in [5, 5.41) is 14.7. The van der Waals surface area contributed by atoms with Gasteiger partial charge in [0, 0.05) is 39.9 Å². The van der Waals surface area contributed by atoms with Gasteiger partial charge < -0.3 is 11.1 Å². The number of nitrogens with two attached hydrogens (primary N) is 1. The number of nitro groups is 1. The van der Waals surface area contributed by atoms with Crippen LogP contribution in [-0.2, 0) is 0 Å². The quantitative estimate of drug-likeness (QED) is 0.203. The van der Waals surface area contributed by atoms with Crippen molar-refractivity contribution in [3.63, 3.8) is 0 Å². The van der Waals surface area contributed by atoms with Gasteiger partial charge in [-0.2, -0.15) is 4.37 Å². The number of amides is 1. The van der Waals surface area contributed by atoms with E-state index in [2.05, 4.69) is 24.6 Å². The van der Waals surface area contributed by atoms with E-state index in [9.17, 15) is 19.7 Å². The van der Waals surface area contributed by atoms with Crippen molar-refractivity contribution in [2.45, 2.75) is 6.92 Å². The standard InChI is InChI=1S/C26H19N7O4S/c1-14-19(29-25-22(33(36)37)12-11-20(30-25)15-5-3-2-4-6-15)9-10-21(28-14)18-13-16(7-8-17(18)23(27)34)24-31-26(35)38-32-24/h2-13H,1H3,(H2,27,34)(H,29,30)(H,31,32,35). The summed E-state index contributed by atoms with van der Waals surface area (Å²) in [5.74, 6) is -0.206. The zero-order valence-electron chi connectivity index (χ0n) is 19.8. The molecule has 11 nitrogen and oxygen atoms in total. The Balaban J connectivity index is 1.53. The third-order valence-electron chi connectivity index (χ3n) is 5.75. The van der Waals surface area contributed by atoms with Crippen molar-refractivity contribution in [2.75, 3.05) is 5.32 Å². The van der Waals surface area contributed by atoms with E-state index in [1.807, 2.05) is 30.3 Å². The lowest BCUT2D eigenvalue weighted by atomic mass is 9.99. The molecule has 0 fully saturated rings. The van der Waals surface area contributed by atoms with Crippen LogP contribution < -0.4 is 15.9 Å². The Morgan fingerprint density at radius 2 is 1.76 bits per heavy atom. The molecule has 0 saturated carbocycles. The Hall–Kier alpha value is -5.23. The molecule has 0 bridgehead atoms. The number of nitrogens with one attached hydrogen (secondary N) is 2. The summed E-state index contributed by atoms with van der Waals surface area (Å²) < 4.78 is 4.09. The fourth-order valence-electron chi connectivity index (χ4n) is 3.90. The maximum Gasteiger partial charge on any atom is 0.323 e. The average molecular weight is 526 g/mol. The summed E-state index contributed by atoms with van der Waals surface area (Å²) in [4.78, 5) is 46.3. The molecule has 5 rings (SSSR count). The SMILES string of the molecule is Cc1nc(-c2cc(-c3nsc(=O)[nH]3)ccc2C(N)=O)ccc1Nc1nc(-c2ccccc2)ccc1[N+](=O)[O-]. The minimum Gasteiger partial charge on any atom is -0.366 e. The molecule has 0 spiro atoms. The number of aryl methyl sites for hydroxylation is 1. The molecule has 0 aliphatic rings. The highest BCUT2D eigenvalue weighted by Gasteiger charge is 2.19. The molecule has 0 saturated heterocycles. The zero-order chi connectivity index (χ0) is 26.8. The van der Waals surface area contributed by atoms with E-state index >= 15 is 0 Å². The molecule has 3 aromatic heterocycles. The number of primary amides is 1. The predicted octanol–water partition coefficient (Wildman–Crippen LogP) is 4.68. The molecular formula is C26H19N7O4S. The van der Waals surface area contributed by atoms with Crippen LogP contribution in [0.5, 0.6) is 0 Å². The van der Waals surface area contributed by atoms with E-state index in [1.165, 1.54) is 6.07 Å². The van der Waals surface area contributed by atoms with Crippen molar-refractivity contribution in [2.24, 2.45) is 5.73 Å². The van der Waals surface area contributed by atoms with Gasteiger partial charge in [0.05, 0.1) is 27.7 Å². The summed E-state index contributed by atoms with van der Waals surface area (Å²) in [6.07, 6.45) is 0. The normalized spacial score (nSPS) is 10.8. The third-order valence-corrected chi connectivity index (χ3v) is 6.30. The number of aromatic amines is 1. The monoisotopic (exact) mass is 525 g/mol. The van der Waals surface area contributed by atoms with Gasteiger partial charge in [-0.3, -0.25) is 29.7 Å². The molecule has 0 radical (unpaired) electrons. The van der Waals surface area contributed by atoms with Gasteiger partial charge in [0.1, 0.15) is 0 Å². The largest absolute Gasteiger partial charge is 0.366 e. The number of carbonyl (C=O) groups excluding carboxylic acids is 1. The summed E-state index contributed by atoms with van der Waals surface area (Å²) >= 11 is 0.789. The van der Waals surface area contributed by atoms with E-state index in [-0.39, 0.29) is 21.9 Å². The highest BCUT2D eigenvalue weighted by atomic mass is 32.1. The number of H-pyrrole nitrogens is 1. The number of carbonyl (C=O) groups is 1. The van der Waals surface area contributed by atoms with E-state index in [0.717, 1.165) is 17.1 Å². The van der Waals surface area contributed by atoms with Gasteiger partial charge in [0.15, 0.2) is 5.82 Å². The van der Waals surface area contributed by atoms with Crippen LogP contribution in [0.1, 0.15) is 16.1 Å². The molecule has 0 unspecified atom stereocenters. The maximum atomic E-state index is 12.1. The lowest BCUT2D eigenvalue weighted by Crippen LogP contribution is -2.13. The first kappa shape index (κ1) is 24.5. The maximum absolute atomic E-state index is 12.1. The van der Waals surface area contributed by atoms with Gasteiger partial charge >= 0.3 is 10.6 Å². The lowest BCUT2D eigenvalue weighted by molar-refractivity contribution is -0.384. The van der Waals surface area contributed by atoms with E-state index in [1.54, 1.807) is 43.3 Å². The minimum atomic E-state index is -0.641. The van der Waals surface area contributed by atoms with Crippen LogP contribution >= 0.6 is 11.5 Å². The molecule has 0 aliphatic carbocycles. The fraction of sp³-hybridized carbons (Fsp3) is 0.0385. The van der Waals surface area contributed by atoms with Gasteiger partial charge in [0.25, 0.3) is 0 Å². The van der Waals surface area contributed by atoms with E-state index in [4.69, 9.17) is 5.73 Å². The second-order valence-corrected chi connectivity index (χ2v) is 8.95. The van der Waals surface area contributed by atoms with Crippen LogP contribution in [-0.4, -0.2) is 30.2 Å². The second-order valence-electron chi connectivity index (χ2n) is 8.21. The van der Waals surface area contributed by atoms with Gasteiger partial charge in [-0.05, 0) is 37.3 Å². The number of rotatable bonds is 7. The Morgan fingerprint density at radius 1 is 1.00 bits per heavy atom. The first-order chi connectivity index (χ1) is 18.3. The van der Waals surface area contributed by atoms with Gasteiger partial charge in [-0.1, -0.05) is 36.4 Å². The number of aromatic nitrogens is 4. The molecule has 2 aromatic carbocycles. The Labute approximate surface area is 219 Å². The summed E-state index contributed by atoms with van der Waals surface area (Å²) in [6.45, 7) is 1.73. The van der Waals surface area contributed by atoms with Crippen molar-refractivity contribution < 1.29 is 9.72 Å². The van der Waals surface area contributed by atoms with Crippen LogP contribution in [0.2, 0.25) is 0 Å². The van der Waals surface area contributed by atoms with Crippen molar-refractivity contribution in [1.29, 1.82) is 0 Å². The smallest absolute Gasteiger partial charge is 0.323 e. The number of hydrogen-bond donors (Lipinski definition) is 3. The number of hydrogen-bond acceptors (Lipinski definition) is 9. The Bertz CT molecular complexity index is 1750. The number of pyridine rings is 2. The molecule has 3 heterocycles. The zero-order valence-corrected chi connectivity index (χ0v) is 20.7. The molecule has 4 N–H and O–H groups in total. The Kier molecular flexibility index (Phi) is 6.46. The first-order valence-electron chi connectivity index (χ1n) is 11.3. The molecule has 0 aliphatic heterocycles. The lowest BCUT2D eigenvalue weighted by Gasteiger charge is -2.13. The molecule has 38 heavy (non-hydrogen) atoms. The topological polar surface area (TPSA) is 170 Å². The number of nitrogens with zero attached hydrogens (tertiary/aromatic N) is 4. The predicted molar refractivity (Wildman–Crippen MR) is 144 cm³/mol. The van der Waals surface area contributed by atoms with Gasteiger partial charge in [-0.25, -0.2) is 4.98 Å². The van der Waals surface area contributed by atoms with Crippen LogP contribution in [0.15, 0.2) is 77.6 Å². The van der Waals surface area contributed by atoms with Crippen LogP contribution in [0, 0.1) is 17.0 Å². The third kappa shape index (κ3) is 4.88. The second kappa shape index (κ2) is 10.0. The number of benzene rings is 2. The van der Waals surface area contributed by atoms with Crippen LogP contribution in [0.25, 0.3) is 33.9 Å². The fourth-order valence-corrected chi connectivity index (χ4v) is 4.37. The minimum absolute atomic E-state index is 0.0707. The van der Waals surface area contributed by atoms with Crippen LogP contribution in [0.4, 0.5) is 17.2 Å². The molecule has 12 heteroatoms. The first-order valence-corrected chi connectivity index (χ1v) is 12.0. The molecule has 5 aromatic rings. The summed E-state index contributed by atoms with van der Waals surface area (Å²) in [7, 11) is 0. The molecule has 0 atom stereocenters. The van der Waals surface area contributed by atoms with E-state index in [0.29, 0.717) is 39.7 Å². The van der Waals surface area contributed by atoms with E-state index < -0.39 is 10.8 Å². The molecular weight excluding hydrogens is 506 g/mol. The Morgan fingerprint density at radius 3 is 2.42 bits per heavy atom.